The molecule has 1 aliphatic rings. The van der Waals surface area contributed by atoms with Crippen molar-refractivity contribution >= 4 is 12.0 Å². The van der Waals surface area contributed by atoms with Crippen molar-refractivity contribution in [2.24, 2.45) is 17.8 Å². The lowest BCUT2D eigenvalue weighted by atomic mass is 9.79. The average Bonchev–Trinajstić information content (AvgIpc) is 2.39. The molecule has 0 spiro atoms. The number of carboxylic acids is 1. The second-order valence-corrected chi connectivity index (χ2v) is 6.28. The Morgan fingerprint density at radius 2 is 1.90 bits per heavy atom. The van der Waals surface area contributed by atoms with Crippen molar-refractivity contribution in [2.75, 3.05) is 0 Å². The zero-order chi connectivity index (χ0) is 15.3. The Morgan fingerprint density at radius 3 is 2.40 bits per heavy atom. The van der Waals surface area contributed by atoms with Gasteiger partial charge >= 0.3 is 12.0 Å². The molecule has 0 radical (unpaired) electrons. The molecule has 0 aromatic heterocycles. The Kier molecular flexibility index (Phi) is 6.30. The van der Waals surface area contributed by atoms with Gasteiger partial charge in [-0.2, -0.15) is 0 Å². The molecular weight excluding hydrogens is 256 g/mol. The molecule has 1 fully saturated rings. The molecule has 116 valence electrons. The normalized spacial score (nSPS) is 29.3. The van der Waals surface area contributed by atoms with E-state index < -0.39 is 12.0 Å². The van der Waals surface area contributed by atoms with Gasteiger partial charge in [-0.25, -0.2) is 9.59 Å². The second-order valence-electron chi connectivity index (χ2n) is 6.28. The average molecular weight is 284 g/mol. The Bertz CT molecular complexity index is 346. The molecule has 5 heteroatoms. The van der Waals surface area contributed by atoms with Gasteiger partial charge in [0.15, 0.2) is 0 Å². The molecule has 3 N–H and O–H groups in total. The van der Waals surface area contributed by atoms with Crippen molar-refractivity contribution in [2.45, 2.75) is 65.5 Å². The zero-order valence-corrected chi connectivity index (χ0v) is 13.0. The predicted octanol–water partition coefficient (Wildman–Crippen LogP) is 2.61. The van der Waals surface area contributed by atoms with Crippen molar-refractivity contribution in [1.29, 1.82) is 0 Å². The minimum atomic E-state index is -0.972. The summed E-state index contributed by atoms with van der Waals surface area (Å²) in [5.41, 5.74) is 0. The van der Waals surface area contributed by atoms with Gasteiger partial charge in [-0.15, -0.1) is 0 Å². The standard InChI is InChI=1S/C15H28N2O3/c1-5-9(2)13(14(18)19)17-15(20)16-12-7-6-10(3)11(4)8-12/h9-13H,5-8H2,1-4H3,(H,18,19)(H2,16,17,20). The molecule has 0 aromatic carbocycles. The van der Waals surface area contributed by atoms with Gasteiger partial charge in [0.05, 0.1) is 0 Å². The minimum absolute atomic E-state index is 0.0800. The lowest BCUT2D eigenvalue weighted by Crippen LogP contribution is -2.52. The lowest BCUT2D eigenvalue weighted by molar-refractivity contribution is -0.140. The maximum Gasteiger partial charge on any atom is 0.326 e. The highest BCUT2D eigenvalue weighted by Crippen LogP contribution is 2.29. The van der Waals surface area contributed by atoms with E-state index in [-0.39, 0.29) is 18.0 Å². The number of rotatable bonds is 5. The highest BCUT2D eigenvalue weighted by atomic mass is 16.4. The van der Waals surface area contributed by atoms with Crippen LogP contribution >= 0.6 is 0 Å². The SMILES string of the molecule is CCC(C)C(NC(=O)NC1CCC(C)C(C)C1)C(=O)O. The zero-order valence-electron chi connectivity index (χ0n) is 13.0. The van der Waals surface area contributed by atoms with E-state index in [2.05, 4.69) is 24.5 Å². The molecule has 5 unspecified atom stereocenters. The van der Waals surface area contributed by atoms with E-state index in [1.165, 1.54) is 0 Å². The molecule has 0 aliphatic heterocycles. The first-order chi connectivity index (χ1) is 9.35. The van der Waals surface area contributed by atoms with Gasteiger partial charge in [0.2, 0.25) is 0 Å². The van der Waals surface area contributed by atoms with Crippen molar-refractivity contribution in [1.82, 2.24) is 10.6 Å². The maximum absolute atomic E-state index is 11.9. The molecule has 0 bridgehead atoms. The van der Waals surface area contributed by atoms with E-state index in [9.17, 15) is 9.59 Å². The number of aliphatic carboxylic acids is 1. The molecule has 20 heavy (non-hydrogen) atoms. The van der Waals surface area contributed by atoms with Gasteiger partial charge in [-0.05, 0) is 37.0 Å². The van der Waals surface area contributed by atoms with Crippen LogP contribution in [0.1, 0.15) is 53.4 Å². The largest absolute Gasteiger partial charge is 0.480 e. The van der Waals surface area contributed by atoms with Crippen LogP contribution in [0.5, 0.6) is 0 Å². The fourth-order valence-electron chi connectivity index (χ4n) is 2.73. The number of carbonyl (C=O) groups excluding carboxylic acids is 1. The van der Waals surface area contributed by atoms with Gasteiger partial charge in [0, 0.05) is 6.04 Å². The highest BCUT2D eigenvalue weighted by Gasteiger charge is 2.28. The number of carbonyl (C=O) groups is 2. The topological polar surface area (TPSA) is 78.4 Å². The molecule has 0 heterocycles. The molecular formula is C15H28N2O3. The first-order valence-corrected chi connectivity index (χ1v) is 7.64. The molecule has 5 nitrogen and oxygen atoms in total. The Hall–Kier alpha value is -1.26. The Labute approximate surface area is 121 Å². The molecule has 0 aromatic rings. The van der Waals surface area contributed by atoms with E-state index >= 15 is 0 Å². The maximum atomic E-state index is 11.9. The van der Waals surface area contributed by atoms with Crippen LogP contribution in [-0.4, -0.2) is 29.2 Å². The lowest BCUT2D eigenvalue weighted by Gasteiger charge is -2.33. The summed E-state index contributed by atoms with van der Waals surface area (Å²) in [7, 11) is 0. The van der Waals surface area contributed by atoms with E-state index in [1.54, 1.807) is 0 Å². The fraction of sp³-hybridized carbons (Fsp3) is 0.867. The van der Waals surface area contributed by atoms with Gasteiger partial charge in [-0.3, -0.25) is 0 Å². The monoisotopic (exact) mass is 284 g/mol. The van der Waals surface area contributed by atoms with Gasteiger partial charge in [0.1, 0.15) is 6.04 Å². The summed E-state index contributed by atoms with van der Waals surface area (Å²) < 4.78 is 0. The summed E-state index contributed by atoms with van der Waals surface area (Å²) in [5, 5.41) is 14.7. The third-order valence-electron chi connectivity index (χ3n) is 4.70. The molecule has 1 aliphatic carbocycles. The van der Waals surface area contributed by atoms with Crippen molar-refractivity contribution in [3.63, 3.8) is 0 Å². The van der Waals surface area contributed by atoms with Crippen LogP contribution in [0.15, 0.2) is 0 Å². The van der Waals surface area contributed by atoms with Crippen LogP contribution < -0.4 is 10.6 Å². The second kappa shape index (κ2) is 7.50. The third kappa shape index (κ3) is 4.69. The summed E-state index contributed by atoms with van der Waals surface area (Å²) in [4.78, 5) is 23.1. The van der Waals surface area contributed by atoms with Gasteiger partial charge in [-0.1, -0.05) is 34.1 Å². The van der Waals surface area contributed by atoms with Gasteiger partial charge in [0.25, 0.3) is 0 Å². The molecule has 2 amide bonds. The molecule has 1 rings (SSSR count). The number of hydrogen-bond donors (Lipinski definition) is 3. The first kappa shape index (κ1) is 16.8. The molecule has 1 saturated carbocycles. The highest BCUT2D eigenvalue weighted by molar-refractivity contribution is 5.82. The number of nitrogens with one attached hydrogen (secondary N) is 2. The van der Waals surface area contributed by atoms with Crippen molar-refractivity contribution < 1.29 is 14.7 Å². The quantitative estimate of drug-likeness (QED) is 0.726. The van der Waals surface area contributed by atoms with E-state index in [4.69, 9.17) is 5.11 Å². The van der Waals surface area contributed by atoms with Crippen LogP contribution in [0.4, 0.5) is 4.79 Å². The minimum Gasteiger partial charge on any atom is -0.480 e. The summed E-state index contributed by atoms with van der Waals surface area (Å²) in [5.74, 6) is 0.241. The predicted molar refractivity (Wildman–Crippen MR) is 78.5 cm³/mol. The summed E-state index contributed by atoms with van der Waals surface area (Å²) in [6.45, 7) is 8.20. The van der Waals surface area contributed by atoms with Crippen LogP contribution in [0.2, 0.25) is 0 Å². The number of urea groups is 1. The van der Waals surface area contributed by atoms with Gasteiger partial charge < -0.3 is 15.7 Å². The summed E-state index contributed by atoms with van der Waals surface area (Å²) in [6.07, 6.45) is 3.77. The van der Waals surface area contributed by atoms with Crippen LogP contribution in [0.3, 0.4) is 0 Å². The van der Waals surface area contributed by atoms with Crippen molar-refractivity contribution in [3.8, 4) is 0 Å². The van der Waals surface area contributed by atoms with E-state index in [0.29, 0.717) is 11.8 Å². The molecule has 5 atom stereocenters. The van der Waals surface area contributed by atoms with Crippen LogP contribution in [0.25, 0.3) is 0 Å². The third-order valence-corrected chi connectivity index (χ3v) is 4.70. The van der Waals surface area contributed by atoms with Crippen molar-refractivity contribution in [3.05, 3.63) is 0 Å². The fourth-order valence-corrected chi connectivity index (χ4v) is 2.73. The Morgan fingerprint density at radius 1 is 1.25 bits per heavy atom. The molecule has 0 saturated heterocycles. The summed E-state index contributed by atoms with van der Waals surface area (Å²) in [6, 6.07) is -1.02. The first-order valence-electron chi connectivity index (χ1n) is 7.64. The van der Waals surface area contributed by atoms with Crippen LogP contribution in [-0.2, 0) is 4.79 Å². The van der Waals surface area contributed by atoms with E-state index in [1.807, 2.05) is 13.8 Å². The Balaban J connectivity index is 2.48. The van der Waals surface area contributed by atoms with Crippen LogP contribution in [0, 0.1) is 17.8 Å². The number of carboxylic acid groups (broad SMARTS) is 1. The smallest absolute Gasteiger partial charge is 0.326 e. The number of amides is 2. The van der Waals surface area contributed by atoms with E-state index in [0.717, 1.165) is 25.7 Å². The number of hydrogen-bond acceptors (Lipinski definition) is 2. The summed E-state index contributed by atoms with van der Waals surface area (Å²) >= 11 is 0.